The number of piperazine rings is 1. The Balaban J connectivity index is 1.72. The second kappa shape index (κ2) is 7.33. The molecule has 1 aromatic rings. The molecule has 2 heterocycles. The molecule has 4 nitrogen and oxygen atoms in total. The number of amides is 1. The maximum Gasteiger partial charge on any atom is 0.401 e. The maximum atomic E-state index is 13.3. The summed E-state index contributed by atoms with van der Waals surface area (Å²) in [6, 6.07) is 9.67. The van der Waals surface area contributed by atoms with Gasteiger partial charge in [0.15, 0.2) is 0 Å². The van der Waals surface area contributed by atoms with E-state index in [1.54, 1.807) is 4.90 Å². The fraction of sp³-hybridized carbons (Fsp3) is 0.611. The lowest BCUT2D eigenvalue weighted by Gasteiger charge is -2.43. The number of rotatable bonds is 3. The molecule has 0 radical (unpaired) electrons. The molecule has 0 bridgehead atoms. The number of carbonyl (C=O) groups is 1. The van der Waals surface area contributed by atoms with Crippen LogP contribution in [0.2, 0.25) is 0 Å². The summed E-state index contributed by atoms with van der Waals surface area (Å²) in [6.45, 7) is 1.32. The van der Waals surface area contributed by atoms with Gasteiger partial charge in [-0.05, 0) is 18.4 Å². The smallest absolute Gasteiger partial charge is 0.381 e. The highest BCUT2D eigenvalue weighted by atomic mass is 19.4. The van der Waals surface area contributed by atoms with Gasteiger partial charge in [-0.15, -0.1) is 0 Å². The number of hydrogen-bond acceptors (Lipinski definition) is 3. The van der Waals surface area contributed by atoms with Gasteiger partial charge < -0.3 is 9.64 Å². The minimum atomic E-state index is -4.20. The van der Waals surface area contributed by atoms with Gasteiger partial charge in [0.05, 0.1) is 12.0 Å². The first kappa shape index (κ1) is 18.2. The van der Waals surface area contributed by atoms with Crippen molar-refractivity contribution in [1.29, 1.82) is 0 Å². The van der Waals surface area contributed by atoms with E-state index >= 15 is 0 Å². The number of halogens is 3. The van der Waals surface area contributed by atoms with Crippen molar-refractivity contribution in [3.05, 3.63) is 35.9 Å². The Morgan fingerprint density at radius 3 is 2.20 bits per heavy atom. The van der Waals surface area contributed by atoms with Gasteiger partial charge in [-0.25, -0.2) is 0 Å². The predicted octanol–water partition coefficient (Wildman–Crippen LogP) is 2.44. The van der Waals surface area contributed by atoms with Gasteiger partial charge in [-0.2, -0.15) is 13.2 Å². The van der Waals surface area contributed by atoms with Gasteiger partial charge >= 0.3 is 6.18 Å². The molecule has 1 aromatic carbocycles. The van der Waals surface area contributed by atoms with Crippen molar-refractivity contribution in [2.24, 2.45) is 0 Å². The Kier molecular flexibility index (Phi) is 5.34. The summed E-state index contributed by atoms with van der Waals surface area (Å²) in [5.41, 5.74) is 0.354. The van der Waals surface area contributed by atoms with Crippen LogP contribution in [0.15, 0.2) is 30.3 Å². The maximum absolute atomic E-state index is 13.3. The number of hydrogen-bond donors (Lipinski definition) is 0. The average molecular weight is 356 g/mol. The summed E-state index contributed by atoms with van der Waals surface area (Å²) in [5.74, 6) is 0.0219. The molecule has 1 amide bonds. The zero-order valence-corrected chi connectivity index (χ0v) is 14.1. The van der Waals surface area contributed by atoms with Gasteiger partial charge in [0.2, 0.25) is 5.91 Å². The third-order valence-electron chi connectivity index (χ3n) is 5.14. The molecule has 25 heavy (non-hydrogen) atoms. The predicted molar refractivity (Wildman–Crippen MR) is 87.2 cm³/mol. The Hall–Kier alpha value is -1.60. The zero-order chi connectivity index (χ0) is 17.9. The second-order valence-electron chi connectivity index (χ2n) is 6.74. The molecular weight excluding hydrogens is 333 g/mol. The van der Waals surface area contributed by atoms with Crippen LogP contribution in [0.4, 0.5) is 13.2 Å². The summed E-state index contributed by atoms with van der Waals surface area (Å²) in [6.07, 6.45) is -2.98. The SMILES string of the molecule is O=C(N1CCN(CC(F)(F)F)CC1)C1(c2ccccc2)CCOCC1. The molecule has 3 rings (SSSR count). The van der Waals surface area contributed by atoms with Gasteiger partial charge in [0.1, 0.15) is 0 Å². The van der Waals surface area contributed by atoms with Gasteiger partial charge in [-0.3, -0.25) is 9.69 Å². The molecule has 7 heteroatoms. The first-order valence-corrected chi connectivity index (χ1v) is 8.62. The molecular formula is C18H23F3N2O2. The second-order valence-corrected chi connectivity index (χ2v) is 6.74. The van der Waals surface area contributed by atoms with E-state index in [1.165, 1.54) is 4.90 Å². The molecule has 0 N–H and O–H groups in total. The van der Waals surface area contributed by atoms with Crippen molar-refractivity contribution < 1.29 is 22.7 Å². The van der Waals surface area contributed by atoms with Gasteiger partial charge in [0.25, 0.3) is 0 Å². The molecule has 0 unspecified atom stereocenters. The highest BCUT2D eigenvalue weighted by Gasteiger charge is 2.44. The van der Waals surface area contributed by atoms with Crippen LogP contribution < -0.4 is 0 Å². The standard InChI is InChI=1S/C18H23F3N2O2/c19-18(20,21)14-22-8-10-23(11-9-22)16(24)17(6-12-25-13-7-17)15-4-2-1-3-5-15/h1-5H,6-14H2. The number of ether oxygens (including phenoxy) is 1. The normalized spacial score (nSPS) is 22.0. The summed E-state index contributed by atoms with van der Waals surface area (Å²) in [4.78, 5) is 16.4. The third-order valence-corrected chi connectivity index (χ3v) is 5.14. The zero-order valence-electron chi connectivity index (χ0n) is 14.1. The first-order valence-electron chi connectivity index (χ1n) is 8.62. The van der Waals surface area contributed by atoms with E-state index in [2.05, 4.69) is 0 Å². The van der Waals surface area contributed by atoms with Gasteiger partial charge in [-0.1, -0.05) is 30.3 Å². The number of benzene rings is 1. The van der Waals surface area contributed by atoms with Crippen molar-refractivity contribution in [3.63, 3.8) is 0 Å². The van der Waals surface area contributed by atoms with E-state index in [0.29, 0.717) is 39.1 Å². The van der Waals surface area contributed by atoms with Crippen molar-refractivity contribution >= 4 is 5.91 Å². The molecule has 0 aromatic heterocycles. The van der Waals surface area contributed by atoms with E-state index in [9.17, 15) is 18.0 Å². The largest absolute Gasteiger partial charge is 0.401 e. The number of nitrogens with zero attached hydrogens (tertiary/aromatic N) is 2. The Bertz CT molecular complexity index is 578. The Morgan fingerprint density at radius 1 is 1.04 bits per heavy atom. The Labute approximate surface area is 145 Å². The lowest BCUT2D eigenvalue weighted by molar-refractivity contribution is -0.154. The lowest BCUT2D eigenvalue weighted by atomic mass is 9.73. The van der Waals surface area contributed by atoms with E-state index in [1.807, 2.05) is 30.3 Å². The number of carbonyl (C=O) groups excluding carboxylic acids is 1. The van der Waals surface area contributed by atoms with E-state index in [4.69, 9.17) is 4.74 Å². The van der Waals surface area contributed by atoms with Crippen LogP contribution in [-0.4, -0.2) is 67.8 Å². The molecule has 2 saturated heterocycles. The first-order chi connectivity index (χ1) is 11.9. The Morgan fingerprint density at radius 2 is 1.64 bits per heavy atom. The van der Waals surface area contributed by atoms with Gasteiger partial charge in [0, 0.05) is 39.4 Å². The minimum absolute atomic E-state index is 0.0219. The molecule has 138 valence electrons. The van der Waals surface area contributed by atoms with E-state index in [-0.39, 0.29) is 19.0 Å². The summed E-state index contributed by atoms with van der Waals surface area (Å²) >= 11 is 0. The third kappa shape index (κ3) is 4.15. The molecule has 2 fully saturated rings. The van der Waals surface area contributed by atoms with Crippen LogP contribution >= 0.6 is 0 Å². The topological polar surface area (TPSA) is 32.8 Å². The molecule has 0 atom stereocenters. The van der Waals surface area contributed by atoms with Crippen molar-refractivity contribution in [2.75, 3.05) is 45.9 Å². The molecule has 0 spiro atoms. The van der Waals surface area contributed by atoms with Crippen LogP contribution in [0.25, 0.3) is 0 Å². The highest BCUT2D eigenvalue weighted by molar-refractivity contribution is 5.88. The fourth-order valence-corrected chi connectivity index (χ4v) is 3.77. The van der Waals surface area contributed by atoms with E-state index < -0.39 is 18.1 Å². The lowest BCUT2D eigenvalue weighted by Crippen LogP contribution is -2.56. The van der Waals surface area contributed by atoms with Crippen molar-refractivity contribution in [3.8, 4) is 0 Å². The average Bonchev–Trinajstić information content (AvgIpc) is 2.62. The fourth-order valence-electron chi connectivity index (χ4n) is 3.77. The highest BCUT2D eigenvalue weighted by Crippen LogP contribution is 2.37. The monoisotopic (exact) mass is 356 g/mol. The molecule has 0 aliphatic carbocycles. The van der Waals surface area contributed by atoms with Crippen LogP contribution in [0.1, 0.15) is 18.4 Å². The minimum Gasteiger partial charge on any atom is -0.381 e. The van der Waals surface area contributed by atoms with Crippen molar-refractivity contribution in [2.45, 2.75) is 24.4 Å². The number of alkyl halides is 3. The summed E-state index contributed by atoms with van der Waals surface area (Å²) < 4.78 is 43.1. The molecule has 0 saturated carbocycles. The van der Waals surface area contributed by atoms with Crippen LogP contribution in [0, 0.1) is 0 Å². The summed E-state index contributed by atoms with van der Waals surface area (Å²) in [5, 5.41) is 0. The molecule has 2 aliphatic rings. The quantitative estimate of drug-likeness (QED) is 0.834. The van der Waals surface area contributed by atoms with E-state index in [0.717, 1.165) is 5.56 Å². The van der Waals surface area contributed by atoms with Crippen molar-refractivity contribution in [1.82, 2.24) is 9.80 Å². The van der Waals surface area contributed by atoms with Crippen LogP contribution in [0.5, 0.6) is 0 Å². The summed E-state index contributed by atoms with van der Waals surface area (Å²) in [7, 11) is 0. The molecule has 2 aliphatic heterocycles. The van der Waals surface area contributed by atoms with Crippen LogP contribution in [-0.2, 0) is 14.9 Å². The van der Waals surface area contributed by atoms with Crippen LogP contribution in [0.3, 0.4) is 0 Å².